The van der Waals surface area contributed by atoms with Gasteiger partial charge in [0.05, 0.1) is 6.61 Å². The molecule has 0 spiro atoms. The summed E-state index contributed by atoms with van der Waals surface area (Å²) in [4.78, 5) is 0. The number of ether oxygens (including phenoxy) is 1. The molecule has 0 aromatic heterocycles. The second-order valence-corrected chi connectivity index (χ2v) is 5.24. The largest absolute Gasteiger partial charge is 0.493 e. The van der Waals surface area contributed by atoms with Crippen LogP contribution in [0.25, 0.3) is 0 Å². The van der Waals surface area contributed by atoms with Crippen LogP contribution >= 0.6 is 0 Å². The van der Waals surface area contributed by atoms with E-state index in [9.17, 15) is 0 Å². The van der Waals surface area contributed by atoms with Crippen molar-refractivity contribution in [2.24, 2.45) is 5.73 Å². The quantitative estimate of drug-likeness (QED) is 0.638. The average molecular weight is 263 g/mol. The van der Waals surface area contributed by atoms with Gasteiger partial charge in [0.1, 0.15) is 5.75 Å². The molecule has 0 fully saturated rings. The van der Waals surface area contributed by atoms with Crippen LogP contribution in [-0.2, 0) is 6.42 Å². The third-order valence-corrected chi connectivity index (χ3v) is 3.48. The topological polar surface area (TPSA) is 35.2 Å². The molecule has 0 heterocycles. The Morgan fingerprint density at radius 1 is 1.05 bits per heavy atom. The summed E-state index contributed by atoms with van der Waals surface area (Å²) in [5.41, 5.74) is 7.27. The molecule has 1 rings (SSSR count). The highest BCUT2D eigenvalue weighted by molar-refractivity contribution is 5.33. The van der Waals surface area contributed by atoms with Crippen LogP contribution in [0.3, 0.4) is 0 Å². The lowest BCUT2D eigenvalue weighted by molar-refractivity contribution is 0.301. The van der Waals surface area contributed by atoms with Crippen molar-refractivity contribution in [2.45, 2.75) is 64.8 Å². The fraction of sp³-hybridized carbons (Fsp3) is 0.647. The summed E-state index contributed by atoms with van der Waals surface area (Å²) in [6.07, 6.45) is 8.27. The highest BCUT2D eigenvalue weighted by Crippen LogP contribution is 2.20. The number of para-hydroxylation sites is 1. The maximum absolute atomic E-state index is 6.03. The van der Waals surface area contributed by atoms with Gasteiger partial charge in [-0.1, -0.05) is 57.7 Å². The summed E-state index contributed by atoms with van der Waals surface area (Å²) in [5, 5.41) is 0. The SMILES string of the molecule is CCCCCCCOc1ccccc1CC(N)CC. The van der Waals surface area contributed by atoms with Gasteiger partial charge in [-0.3, -0.25) is 0 Å². The molecular formula is C17H29NO. The number of unbranched alkanes of at least 4 members (excludes halogenated alkanes) is 4. The highest BCUT2D eigenvalue weighted by atomic mass is 16.5. The first-order valence-corrected chi connectivity index (χ1v) is 7.74. The molecule has 0 aliphatic heterocycles. The molecule has 2 N–H and O–H groups in total. The van der Waals surface area contributed by atoms with Gasteiger partial charge >= 0.3 is 0 Å². The van der Waals surface area contributed by atoms with E-state index in [4.69, 9.17) is 10.5 Å². The molecule has 1 unspecified atom stereocenters. The minimum absolute atomic E-state index is 0.231. The fourth-order valence-corrected chi connectivity index (χ4v) is 2.13. The minimum atomic E-state index is 0.231. The van der Waals surface area contributed by atoms with E-state index in [0.717, 1.165) is 31.6 Å². The Balaban J connectivity index is 2.36. The normalized spacial score (nSPS) is 12.4. The zero-order valence-corrected chi connectivity index (χ0v) is 12.5. The summed E-state index contributed by atoms with van der Waals surface area (Å²) in [7, 11) is 0. The van der Waals surface area contributed by atoms with Gasteiger partial charge in [-0.25, -0.2) is 0 Å². The van der Waals surface area contributed by atoms with Crippen LogP contribution in [0, 0.1) is 0 Å². The van der Waals surface area contributed by atoms with Gasteiger partial charge < -0.3 is 10.5 Å². The van der Waals surface area contributed by atoms with Crippen molar-refractivity contribution in [2.75, 3.05) is 6.61 Å². The minimum Gasteiger partial charge on any atom is -0.493 e. The van der Waals surface area contributed by atoms with Crippen molar-refractivity contribution in [1.29, 1.82) is 0 Å². The number of benzene rings is 1. The molecule has 108 valence electrons. The lowest BCUT2D eigenvalue weighted by Gasteiger charge is -2.14. The van der Waals surface area contributed by atoms with Gasteiger partial charge in [-0.15, -0.1) is 0 Å². The lowest BCUT2D eigenvalue weighted by atomic mass is 10.0. The zero-order valence-electron chi connectivity index (χ0n) is 12.5. The maximum Gasteiger partial charge on any atom is 0.122 e. The molecule has 1 aromatic rings. The molecule has 2 nitrogen and oxygen atoms in total. The first kappa shape index (κ1) is 16.0. The zero-order chi connectivity index (χ0) is 13.9. The Kier molecular flexibility index (Phi) is 8.31. The van der Waals surface area contributed by atoms with Crippen LogP contribution < -0.4 is 10.5 Å². The first-order chi connectivity index (χ1) is 9.27. The molecule has 2 heteroatoms. The predicted octanol–water partition coefficient (Wildman–Crippen LogP) is 4.32. The molecule has 0 bridgehead atoms. The summed E-state index contributed by atoms with van der Waals surface area (Å²) in [6.45, 7) is 5.19. The van der Waals surface area contributed by atoms with Crippen LogP contribution in [0.2, 0.25) is 0 Å². The number of nitrogens with two attached hydrogens (primary N) is 1. The van der Waals surface area contributed by atoms with Crippen LogP contribution in [0.15, 0.2) is 24.3 Å². The Bertz CT molecular complexity index is 338. The van der Waals surface area contributed by atoms with Gasteiger partial charge in [0, 0.05) is 6.04 Å². The Hall–Kier alpha value is -1.02. The summed E-state index contributed by atoms with van der Waals surface area (Å²) < 4.78 is 5.91. The van der Waals surface area contributed by atoms with Crippen LogP contribution in [0.5, 0.6) is 5.75 Å². The van der Waals surface area contributed by atoms with E-state index in [1.54, 1.807) is 0 Å². The van der Waals surface area contributed by atoms with E-state index in [-0.39, 0.29) is 6.04 Å². The van der Waals surface area contributed by atoms with Crippen LogP contribution in [0.4, 0.5) is 0 Å². The van der Waals surface area contributed by atoms with E-state index in [2.05, 4.69) is 32.0 Å². The molecule has 0 aliphatic carbocycles. The number of hydrogen-bond donors (Lipinski definition) is 1. The Morgan fingerprint density at radius 3 is 2.53 bits per heavy atom. The summed E-state index contributed by atoms with van der Waals surface area (Å²) in [5.74, 6) is 1.02. The molecule has 0 saturated heterocycles. The average Bonchev–Trinajstić information content (AvgIpc) is 2.44. The molecular weight excluding hydrogens is 234 g/mol. The smallest absolute Gasteiger partial charge is 0.122 e. The lowest BCUT2D eigenvalue weighted by Crippen LogP contribution is -2.21. The first-order valence-electron chi connectivity index (χ1n) is 7.74. The summed E-state index contributed by atoms with van der Waals surface area (Å²) >= 11 is 0. The van der Waals surface area contributed by atoms with Crippen molar-refractivity contribution in [1.82, 2.24) is 0 Å². The van der Waals surface area contributed by atoms with Crippen LogP contribution in [0.1, 0.15) is 57.9 Å². The molecule has 0 amide bonds. The molecule has 1 atom stereocenters. The van der Waals surface area contributed by atoms with Gasteiger partial charge in [0.15, 0.2) is 0 Å². The monoisotopic (exact) mass is 263 g/mol. The van der Waals surface area contributed by atoms with E-state index >= 15 is 0 Å². The number of hydrogen-bond acceptors (Lipinski definition) is 2. The standard InChI is InChI=1S/C17H29NO/c1-3-5-6-7-10-13-19-17-12-9-8-11-15(17)14-16(18)4-2/h8-9,11-12,16H,3-7,10,13-14,18H2,1-2H3. The van der Waals surface area contributed by atoms with Gasteiger partial charge in [0.25, 0.3) is 0 Å². The third kappa shape index (κ3) is 6.63. The molecule has 0 radical (unpaired) electrons. The number of rotatable bonds is 10. The Labute approximate surface area is 118 Å². The highest BCUT2D eigenvalue weighted by Gasteiger charge is 2.07. The van der Waals surface area contributed by atoms with Crippen molar-refractivity contribution in [3.05, 3.63) is 29.8 Å². The van der Waals surface area contributed by atoms with Crippen molar-refractivity contribution in [3.8, 4) is 5.75 Å². The molecule has 19 heavy (non-hydrogen) atoms. The van der Waals surface area contributed by atoms with E-state index < -0.39 is 0 Å². The van der Waals surface area contributed by atoms with Crippen molar-refractivity contribution in [3.63, 3.8) is 0 Å². The van der Waals surface area contributed by atoms with Crippen LogP contribution in [-0.4, -0.2) is 12.6 Å². The van der Waals surface area contributed by atoms with Crippen molar-refractivity contribution >= 4 is 0 Å². The fourth-order valence-electron chi connectivity index (χ4n) is 2.13. The van der Waals surface area contributed by atoms with E-state index in [1.807, 2.05) is 6.07 Å². The molecule has 1 aromatic carbocycles. The van der Waals surface area contributed by atoms with Gasteiger partial charge in [-0.05, 0) is 30.9 Å². The second-order valence-electron chi connectivity index (χ2n) is 5.24. The second kappa shape index (κ2) is 9.85. The molecule has 0 aliphatic rings. The van der Waals surface area contributed by atoms with E-state index in [0.29, 0.717) is 0 Å². The predicted molar refractivity (Wildman–Crippen MR) is 82.7 cm³/mol. The van der Waals surface area contributed by atoms with Gasteiger partial charge in [0.2, 0.25) is 0 Å². The Morgan fingerprint density at radius 2 is 1.79 bits per heavy atom. The molecule has 0 saturated carbocycles. The van der Waals surface area contributed by atoms with Gasteiger partial charge in [-0.2, -0.15) is 0 Å². The maximum atomic E-state index is 6.03. The van der Waals surface area contributed by atoms with Crippen molar-refractivity contribution < 1.29 is 4.74 Å². The summed E-state index contributed by atoms with van der Waals surface area (Å²) in [6, 6.07) is 8.51. The van der Waals surface area contributed by atoms with E-state index in [1.165, 1.54) is 31.2 Å². The third-order valence-electron chi connectivity index (χ3n) is 3.48.